The van der Waals surface area contributed by atoms with Crippen molar-refractivity contribution in [3.05, 3.63) is 35.7 Å². The highest BCUT2D eigenvalue weighted by Gasteiger charge is 2.39. The summed E-state index contributed by atoms with van der Waals surface area (Å²) >= 11 is 0. The number of hydrogen-bond acceptors (Lipinski definition) is 11. The average molecular weight is 615 g/mol. The van der Waals surface area contributed by atoms with Crippen LogP contribution in [-0.4, -0.2) is 85.0 Å². The van der Waals surface area contributed by atoms with Crippen molar-refractivity contribution in [3.8, 4) is 5.75 Å². The van der Waals surface area contributed by atoms with Gasteiger partial charge >= 0.3 is 5.97 Å². The van der Waals surface area contributed by atoms with E-state index in [1.54, 1.807) is 26.8 Å². The highest BCUT2D eigenvalue weighted by molar-refractivity contribution is 7.94. The zero-order chi connectivity index (χ0) is 31.5. The maximum atomic E-state index is 12.7. The van der Waals surface area contributed by atoms with E-state index in [2.05, 4.69) is 17.2 Å². The summed E-state index contributed by atoms with van der Waals surface area (Å²) in [5.41, 5.74) is -0.0113. The SMILES string of the molecule is C=CS(=O)(=O)CCCCCC(=O)NCCC(=O)Nc1cc(COC(=O)C(C)(C)C)ccc1O[C@@H]1OC[C@@H](O)[C@H](O)[C@H]1O. The number of esters is 1. The van der Waals surface area contributed by atoms with Gasteiger partial charge in [0.25, 0.3) is 0 Å². The molecule has 13 nitrogen and oxygen atoms in total. The average Bonchev–Trinajstić information content (AvgIpc) is 2.92. The van der Waals surface area contributed by atoms with Crippen LogP contribution in [0.4, 0.5) is 5.69 Å². The molecule has 2 amide bonds. The minimum atomic E-state index is -3.26. The quantitative estimate of drug-likeness (QED) is 0.140. The second-order valence-corrected chi connectivity index (χ2v) is 13.1. The predicted molar refractivity (Wildman–Crippen MR) is 153 cm³/mol. The third-order valence-electron chi connectivity index (χ3n) is 6.26. The van der Waals surface area contributed by atoms with Crippen molar-refractivity contribution >= 4 is 33.3 Å². The number of rotatable bonds is 15. The predicted octanol–water partition coefficient (Wildman–Crippen LogP) is 1.16. The summed E-state index contributed by atoms with van der Waals surface area (Å²) in [5, 5.41) is 36.1. The number of aliphatic hydroxyl groups excluding tert-OH is 3. The molecule has 42 heavy (non-hydrogen) atoms. The summed E-state index contributed by atoms with van der Waals surface area (Å²) in [4.78, 5) is 37.0. The standard InChI is InChI=1S/C28H42N2O11S/c1-5-42(37,38)14-8-6-7-9-22(32)29-13-12-23(33)30-19-15-18(16-40-27(36)28(2,3)4)10-11-21(19)41-26-25(35)24(34)20(31)17-39-26/h5,10-11,15,20,24-26,31,34-35H,1,6-9,12-14,16-17H2,2-4H3,(H,29,32)(H,30,33)/t20-,24+,25-,26+/m1/s1. The molecular weight excluding hydrogens is 572 g/mol. The summed E-state index contributed by atoms with van der Waals surface area (Å²) in [7, 11) is -3.26. The molecule has 14 heteroatoms. The van der Waals surface area contributed by atoms with Crippen LogP contribution in [0.25, 0.3) is 0 Å². The van der Waals surface area contributed by atoms with Crippen LogP contribution in [0, 0.1) is 5.41 Å². The Balaban J connectivity index is 1.97. The lowest BCUT2D eigenvalue weighted by Crippen LogP contribution is -2.54. The van der Waals surface area contributed by atoms with Crippen molar-refractivity contribution in [2.75, 3.05) is 24.2 Å². The molecule has 0 radical (unpaired) electrons. The van der Waals surface area contributed by atoms with Crippen LogP contribution in [0.1, 0.15) is 58.4 Å². The van der Waals surface area contributed by atoms with E-state index in [1.807, 2.05) is 0 Å². The molecule has 0 aliphatic carbocycles. The van der Waals surface area contributed by atoms with E-state index < -0.39 is 51.7 Å². The molecule has 1 saturated heterocycles. The first kappa shape index (κ1) is 35.2. The minimum Gasteiger partial charge on any atom is -0.460 e. The molecule has 1 fully saturated rings. The molecule has 1 aliphatic heterocycles. The number of carbonyl (C=O) groups is 3. The fourth-order valence-corrected chi connectivity index (χ4v) is 4.48. The number of ether oxygens (including phenoxy) is 3. The number of carbonyl (C=O) groups excluding carboxylic acids is 3. The molecule has 0 saturated carbocycles. The Labute approximate surface area is 246 Å². The van der Waals surface area contributed by atoms with Crippen LogP contribution in [0.5, 0.6) is 5.75 Å². The van der Waals surface area contributed by atoms with Crippen molar-refractivity contribution < 1.29 is 52.3 Å². The van der Waals surface area contributed by atoms with Crippen LogP contribution in [0.2, 0.25) is 0 Å². The number of nitrogens with one attached hydrogen (secondary N) is 2. The second kappa shape index (κ2) is 16.0. The second-order valence-electron chi connectivity index (χ2n) is 11.0. The summed E-state index contributed by atoms with van der Waals surface area (Å²) in [5.74, 6) is -1.09. The first-order valence-electron chi connectivity index (χ1n) is 13.7. The Hall–Kier alpha value is -3.04. The molecule has 2 rings (SSSR count). The van der Waals surface area contributed by atoms with Gasteiger partial charge in [-0.3, -0.25) is 14.4 Å². The van der Waals surface area contributed by atoms with Crippen molar-refractivity contribution in [3.63, 3.8) is 0 Å². The summed E-state index contributed by atoms with van der Waals surface area (Å²) < 4.78 is 39.2. The zero-order valence-electron chi connectivity index (χ0n) is 24.2. The maximum absolute atomic E-state index is 12.7. The molecule has 1 heterocycles. The van der Waals surface area contributed by atoms with Gasteiger partial charge in [0.15, 0.2) is 9.84 Å². The van der Waals surface area contributed by atoms with E-state index in [4.69, 9.17) is 14.2 Å². The molecule has 4 atom stereocenters. The molecule has 5 N–H and O–H groups in total. The van der Waals surface area contributed by atoms with Crippen LogP contribution in [0.15, 0.2) is 30.2 Å². The lowest BCUT2D eigenvalue weighted by molar-refractivity contribution is -0.241. The fraction of sp³-hybridized carbons (Fsp3) is 0.607. The number of sulfone groups is 1. The van der Waals surface area contributed by atoms with Gasteiger partial charge in [-0.05, 0) is 51.3 Å². The summed E-state index contributed by atoms with van der Waals surface area (Å²) in [6.45, 7) is 8.09. The van der Waals surface area contributed by atoms with Crippen LogP contribution in [-0.2, 0) is 40.3 Å². The maximum Gasteiger partial charge on any atom is 0.311 e. The minimum absolute atomic E-state index is 0.0153. The molecule has 1 aromatic rings. The first-order chi connectivity index (χ1) is 19.6. The first-order valence-corrected chi connectivity index (χ1v) is 15.4. The monoisotopic (exact) mass is 614 g/mol. The Morgan fingerprint density at radius 2 is 1.79 bits per heavy atom. The van der Waals surface area contributed by atoms with E-state index in [9.17, 15) is 38.1 Å². The Morgan fingerprint density at radius 3 is 2.45 bits per heavy atom. The van der Waals surface area contributed by atoms with E-state index in [0.717, 1.165) is 5.41 Å². The molecular formula is C28H42N2O11S. The number of benzene rings is 1. The number of hydrogen-bond donors (Lipinski definition) is 5. The molecule has 0 unspecified atom stereocenters. The molecule has 0 bridgehead atoms. The Kier molecular flexibility index (Phi) is 13.4. The van der Waals surface area contributed by atoms with Crippen LogP contribution < -0.4 is 15.4 Å². The lowest BCUT2D eigenvalue weighted by Gasteiger charge is -2.35. The van der Waals surface area contributed by atoms with E-state index in [1.165, 1.54) is 12.1 Å². The molecule has 0 spiro atoms. The Bertz CT molecular complexity index is 1200. The topological polar surface area (TPSA) is 198 Å². The van der Waals surface area contributed by atoms with Crippen molar-refractivity contribution in [1.29, 1.82) is 0 Å². The van der Waals surface area contributed by atoms with Gasteiger partial charge in [0.2, 0.25) is 18.1 Å². The van der Waals surface area contributed by atoms with Crippen molar-refractivity contribution in [1.82, 2.24) is 5.32 Å². The van der Waals surface area contributed by atoms with Crippen LogP contribution in [0.3, 0.4) is 0 Å². The third-order valence-corrected chi connectivity index (χ3v) is 7.62. The van der Waals surface area contributed by atoms with Gasteiger partial charge in [-0.25, -0.2) is 8.42 Å². The summed E-state index contributed by atoms with van der Waals surface area (Å²) in [6, 6.07) is 4.59. The lowest BCUT2D eigenvalue weighted by atomic mass is 9.97. The van der Waals surface area contributed by atoms with Gasteiger partial charge in [0.1, 0.15) is 30.7 Å². The third kappa shape index (κ3) is 11.7. The largest absolute Gasteiger partial charge is 0.460 e. The van der Waals surface area contributed by atoms with Gasteiger partial charge in [0.05, 0.1) is 23.5 Å². The van der Waals surface area contributed by atoms with Gasteiger partial charge in [0, 0.05) is 24.8 Å². The Morgan fingerprint density at radius 1 is 1.07 bits per heavy atom. The zero-order valence-corrected chi connectivity index (χ0v) is 25.0. The van der Waals surface area contributed by atoms with E-state index in [0.29, 0.717) is 24.8 Å². The normalized spacial score (nSPS) is 20.8. The van der Waals surface area contributed by atoms with Gasteiger partial charge in [-0.15, -0.1) is 0 Å². The smallest absolute Gasteiger partial charge is 0.311 e. The van der Waals surface area contributed by atoms with Gasteiger partial charge in [-0.1, -0.05) is 19.1 Å². The number of anilines is 1. The van der Waals surface area contributed by atoms with Crippen molar-refractivity contribution in [2.45, 2.75) is 84.1 Å². The highest BCUT2D eigenvalue weighted by Crippen LogP contribution is 2.30. The fourth-order valence-electron chi connectivity index (χ4n) is 3.71. The molecule has 1 aliphatic rings. The highest BCUT2D eigenvalue weighted by atomic mass is 32.2. The molecule has 0 aromatic heterocycles. The van der Waals surface area contributed by atoms with E-state index >= 15 is 0 Å². The van der Waals surface area contributed by atoms with E-state index in [-0.39, 0.29) is 55.7 Å². The van der Waals surface area contributed by atoms with Crippen molar-refractivity contribution in [2.24, 2.45) is 5.41 Å². The molecule has 236 valence electrons. The number of unbranched alkanes of at least 4 members (excludes halogenated alkanes) is 2. The van der Waals surface area contributed by atoms with Crippen LogP contribution >= 0.6 is 0 Å². The van der Waals surface area contributed by atoms with Gasteiger partial charge < -0.3 is 40.2 Å². The number of amides is 2. The number of aliphatic hydroxyl groups is 3. The summed E-state index contributed by atoms with van der Waals surface area (Å²) in [6.07, 6.45) is -4.10. The molecule has 1 aromatic carbocycles. The van der Waals surface area contributed by atoms with Gasteiger partial charge in [-0.2, -0.15) is 0 Å².